The molecule has 0 radical (unpaired) electrons. The van der Waals surface area contributed by atoms with Gasteiger partial charge in [-0.25, -0.2) is 0 Å². The summed E-state index contributed by atoms with van der Waals surface area (Å²) in [5.41, 5.74) is 3.45. The maximum atomic E-state index is 11.5. The molecule has 2 rings (SSSR count). The lowest BCUT2D eigenvalue weighted by molar-refractivity contribution is 0.262. The lowest BCUT2D eigenvalue weighted by Gasteiger charge is -2.12. The number of carbonyl (C=O) groups excluding carboxylic acids is 1. The van der Waals surface area contributed by atoms with Gasteiger partial charge in [0.1, 0.15) is 12.4 Å². The van der Waals surface area contributed by atoms with E-state index in [1.807, 2.05) is 30.3 Å². The third-order valence-electron chi connectivity index (χ3n) is 3.41. The standard InChI is InChI=1S/C18H21NO2S/c1-4-14-9-10-16(13(2)11-14)21-12-15-7-5-6-8-17(15)22-18(20)19-3/h5-11H,4,12H2,1-3H3,(H,19,20). The molecule has 0 aliphatic carbocycles. The largest absolute Gasteiger partial charge is 0.489 e. The first-order valence-electron chi connectivity index (χ1n) is 7.33. The first-order chi connectivity index (χ1) is 10.6. The maximum absolute atomic E-state index is 11.5. The molecule has 22 heavy (non-hydrogen) atoms. The average Bonchev–Trinajstić information content (AvgIpc) is 2.54. The topological polar surface area (TPSA) is 38.3 Å². The number of hydrogen-bond acceptors (Lipinski definition) is 3. The van der Waals surface area contributed by atoms with E-state index in [4.69, 9.17) is 4.74 Å². The minimum Gasteiger partial charge on any atom is -0.489 e. The molecule has 1 N–H and O–H groups in total. The van der Waals surface area contributed by atoms with Crippen LogP contribution in [0.25, 0.3) is 0 Å². The van der Waals surface area contributed by atoms with Crippen LogP contribution in [0.5, 0.6) is 5.75 Å². The molecule has 2 aromatic rings. The van der Waals surface area contributed by atoms with Crippen molar-refractivity contribution in [3.8, 4) is 5.75 Å². The van der Waals surface area contributed by atoms with E-state index in [0.717, 1.165) is 28.2 Å². The van der Waals surface area contributed by atoms with Crippen molar-refractivity contribution in [2.45, 2.75) is 31.8 Å². The summed E-state index contributed by atoms with van der Waals surface area (Å²) < 4.78 is 5.93. The number of ether oxygens (including phenoxy) is 1. The normalized spacial score (nSPS) is 10.3. The zero-order valence-electron chi connectivity index (χ0n) is 13.2. The molecule has 0 spiro atoms. The van der Waals surface area contributed by atoms with Gasteiger partial charge in [-0.05, 0) is 48.4 Å². The van der Waals surface area contributed by atoms with Crippen LogP contribution >= 0.6 is 11.8 Å². The molecule has 4 heteroatoms. The Morgan fingerprint density at radius 2 is 2.00 bits per heavy atom. The molecule has 0 bridgehead atoms. The van der Waals surface area contributed by atoms with Crippen molar-refractivity contribution >= 4 is 17.0 Å². The highest BCUT2D eigenvalue weighted by atomic mass is 32.2. The third kappa shape index (κ3) is 4.28. The Morgan fingerprint density at radius 1 is 1.23 bits per heavy atom. The lowest BCUT2D eigenvalue weighted by Crippen LogP contribution is -2.11. The van der Waals surface area contributed by atoms with Crippen molar-refractivity contribution in [3.05, 3.63) is 59.2 Å². The highest BCUT2D eigenvalue weighted by molar-refractivity contribution is 8.13. The fourth-order valence-corrected chi connectivity index (χ4v) is 2.83. The van der Waals surface area contributed by atoms with Crippen molar-refractivity contribution in [1.29, 1.82) is 0 Å². The molecule has 3 nitrogen and oxygen atoms in total. The van der Waals surface area contributed by atoms with Crippen LogP contribution in [-0.2, 0) is 13.0 Å². The fraction of sp³-hybridized carbons (Fsp3) is 0.278. The van der Waals surface area contributed by atoms with Crippen LogP contribution in [0.15, 0.2) is 47.4 Å². The van der Waals surface area contributed by atoms with Gasteiger partial charge >= 0.3 is 0 Å². The van der Waals surface area contributed by atoms with Crippen LogP contribution in [0.2, 0.25) is 0 Å². The van der Waals surface area contributed by atoms with Crippen molar-refractivity contribution < 1.29 is 9.53 Å². The van der Waals surface area contributed by atoms with Gasteiger partial charge in [0, 0.05) is 17.5 Å². The average molecular weight is 315 g/mol. The van der Waals surface area contributed by atoms with Crippen molar-refractivity contribution in [3.63, 3.8) is 0 Å². The summed E-state index contributed by atoms with van der Waals surface area (Å²) in [6.07, 6.45) is 1.02. The van der Waals surface area contributed by atoms with E-state index in [1.54, 1.807) is 7.05 Å². The van der Waals surface area contributed by atoms with Gasteiger partial charge in [-0.3, -0.25) is 4.79 Å². The summed E-state index contributed by atoms with van der Waals surface area (Å²) in [6, 6.07) is 14.1. The minimum atomic E-state index is -0.0732. The van der Waals surface area contributed by atoms with Crippen LogP contribution in [0.1, 0.15) is 23.6 Å². The van der Waals surface area contributed by atoms with Gasteiger partial charge < -0.3 is 10.1 Å². The number of benzene rings is 2. The molecule has 2 aromatic carbocycles. The molecule has 0 atom stereocenters. The predicted molar refractivity (Wildman–Crippen MR) is 91.6 cm³/mol. The summed E-state index contributed by atoms with van der Waals surface area (Å²) in [6.45, 7) is 4.65. The zero-order valence-corrected chi connectivity index (χ0v) is 14.0. The second-order valence-corrected chi connectivity index (χ2v) is 6.00. The number of thioether (sulfide) groups is 1. The summed E-state index contributed by atoms with van der Waals surface area (Å²) in [5, 5.41) is 2.55. The number of carbonyl (C=O) groups is 1. The molecular formula is C18H21NO2S. The Bertz CT molecular complexity index is 655. The molecule has 0 heterocycles. The molecule has 0 unspecified atom stereocenters. The van der Waals surface area contributed by atoms with Crippen LogP contribution < -0.4 is 10.1 Å². The minimum absolute atomic E-state index is 0.0732. The van der Waals surface area contributed by atoms with Gasteiger partial charge in [-0.2, -0.15) is 0 Å². The second-order valence-electron chi connectivity index (χ2n) is 4.99. The van der Waals surface area contributed by atoms with Crippen LogP contribution in [0.4, 0.5) is 4.79 Å². The summed E-state index contributed by atoms with van der Waals surface area (Å²) in [5.74, 6) is 0.886. The Labute approximate surface area is 136 Å². The quantitative estimate of drug-likeness (QED) is 0.822. The highest BCUT2D eigenvalue weighted by Crippen LogP contribution is 2.26. The SMILES string of the molecule is CCc1ccc(OCc2ccccc2SC(=O)NC)c(C)c1. The van der Waals surface area contributed by atoms with Gasteiger partial charge in [-0.1, -0.05) is 37.3 Å². The Hall–Kier alpha value is -1.94. The van der Waals surface area contributed by atoms with E-state index in [0.29, 0.717) is 6.61 Å². The first kappa shape index (κ1) is 16.4. The van der Waals surface area contributed by atoms with Gasteiger partial charge in [-0.15, -0.1) is 0 Å². The van der Waals surface area contributed by atoms with E-state index in [9.17, 15) is 4.79 Å². The number of nitrogens with one attached hydrogen (secondary N) is 1. The van der Waals surface area contributed by atoms with E-state index >= 15 is 0 Å². The lowest BCUT2D eigenvalue weighted by atomic mass is 10.1. The monoisotopic (exact) mass is 315 g/mol. The number of rotatable bonds is 5. The molecule has 0 saturated heterocycles. The predicted octanol–water partition coefficient (Wildman–Crippen LogP) is 4.57. The van der Waals surface area contributed by atoms with E-state index in [2.05, 4.69) is 31.3 Å². The summed E-state index contributed by atoms with van der Waals surface area (Å²) >= 11 is 1.19. The van der Waals surface area contributed by atoms with Crippen LogP contribution in [0.3, 0.4) is 0 Å². The molecule has 0 fully saturated rings. The Balaban J connectivity index is 2.10. The molecule has 0 aliphatic heterocycles. The van der Waals surface area contributed by atoms with Gasteiger partial charge in [0.2, 0.25) is 0 Å². The van der Waals surface area contributed by atoms with Crippen molar-refractivity contribution in [2.24, 2.45) is 0 Å². The summed E-state index contributed by atoms with van der Waals surface area (Å²) in [7, 11) is 1.63. The Morgan fingerprint density at radius 3 is 2.68 bits per heavy atom. The summed E-state index contributed by atoms with van der Waals surface area (Å²) in [4.78, 5) is 12.5. The Kier molecular flexibility index (Phi) is 5.90. The van der Waals surface area contributed by atoms with Gasteiger partial charge in [0.05, 0.1) is 0 Å². The molecule has 116 valence electrons. The maximum Gasteiger partial charge on any atom is 0.283 e. The molecular weight excluding hydrogens is 294 g/mol. The number of hydrogen-bond donors (Lipinski definition) is 1. The number of amides is 1. The van der Waals surface area contributed by atoms with Crippen molar-refractivity contribution in [1.82, 2.24) is 5.32 Å². The molecule has 0 saturated carbocycles. The highest BCUT2D eigenvalue weighted by Gasteiger charge is 2.08. The zero-order chi connectivity index (χ0) is 15.9. The van der Waals surface area contributed by atoms with E-state index in [-0.39, 0.29) is 5.24 Å². The molecule has 0 aromatic heterocycles. The molecule has 1 amide bonds. The fourth-order valence-electron chi connectivity index (χ4n) is 2.12. The van der Waals surface area contributed by atoms with Crippen LogP contribution in [-0.4, -0.2) is 12.3 Å². The smallest absolute Gasteiger partial charge is 0.283 e. The van der Waals surface area contributed by atoms with Crippen LogP contribution in [0, 0.1) is 6.92 Å². The third-order valence-corrected chi connectivity index (χ3v) is 4.42. The second kappa shape index (κ2) is 7.90. The first-order valence-corrected chi connectivity index (χ1v) is 8.15. The van der Waals surface area contributed by atoms with E-state index in [1.165, 1.54) is 17.3 Å². The van der Waals surface area contributed by atoms with Crippen molar-refractivity contribution in [2.75, 3.05) is 7.05 Å². The van der Waals surface area contributed by atoms with Gasteiger partial charge in [0.15, 0.2) is 0 Å². The van der Waals surface area contributed by atoms with Gasteiger partial charge in [0.25, 0.3) is 5.24 Å². The number of aryl methyl sites for hydroxylation is 2. The van der Waals surface area contributed by atoms with E-state index < -0.39 is 0 Å². The molecule has 0 aliphatic rings.